The second kappa shape index (κ2) is 11.7. The Morgan fingerprint density at radius 2 is 1.81 bits per heavy atom. The molecule has 0 aromatic heterocycles. The number of nitrogens with one attached hydrogen (secondary N) is 2. The van der Waals surface area contributed by atoms with Crippen molar-refractivity contribution in [1.82, 2.24) is 10.7 Å². The highest BCUT2D eigenvalue weighted by atomic mass is 79.9. The second-order valence-corrected chi connectivity index (χ2v) is 7.51. The van der Waals surface area contributed by atoms with Gasteiger partial charge in [0.25, 0.3) is 11.8 Å². The van der Waals surface area contributed by atoms with Gasteiger partial charge in [0.2, 0.25) is 0 Å². The number of amides is 2. The van der Waals surface area contributed by atoms with Crippen LogP contribution in [0.4, 0.5) is 0 Å². The summed E-state index contributed by atoms with van der Waals surface area (Å²) in [4.78, 5) is 23.8. The van der Waals surface area contributed by atoms with E-state index in [1.165, 1.54) is 6.21 Å². The van der Waals surface area contributed by atoms with E-state index in [1.54, 1.807) is 30.3 Å². The van der Waals surface area contributed by atoms with Gasteiger partial charge in [0, 0.05) is 0 Å². The first-order chi connectivity index (χ1) is 15.5. The molecule has 0 aliphatic carbocycles. The molecule has 3 aromatic rings. The lowest BCUT2D eigenvalue weighted by Crippen LogP contribution is -2.37. The average molecular weight is 496 g/mol. The third kappa shape index (κ3) is 6.95. The molecule has 0 aliphatic rings. The predicted molar refractivity (Wildman–Crippen MR) is 128 cm³/mol. The smallest absolute Gasteiger partial charge is 0.259 e. The van der Waals surface area contributed by atoms with Gasteiger partial charge in [0.15, 0.2) is 6.61 Å². The number of fused-ring (bicyclic) bond motifs is 1. The number of nitrogens with zero attached hydrogens (tertiary/aromatic N) is 1. The number of ether oxygens (including phenoxy) is 2. The Balaban J connectivity index is 1.39. The Morgan fingerprint density at radius 3 is 2.59 bits per heavy atom. The Morgan fingerprint density at radius 1 is 1.00 bits per heavy atom. The Labute approximate surface area is 194 Å². The van der Waals surface area contributed by atoms with E-state index in [1.807, 2.05) is 36.4 Å². The minimum atomic E-state index is -0.453. The van der Waals surface area contributed by atoms with Crippen molar-refractivity contribution in [3.05, 3.63) is 83.4 Å². The van der Waals surface area contributed by atoms with Crippen molar-refractivity contribution in [2.75, 3.05) is 19.8 Å². The van der Waals surface area contributed by atoms with Crippen molar-refractivity contribution in [3.63, 3.8) is 0 Å². The largest absolute Gasteiger partial charge is 0.488 e. The number of hydrogen-bond donors (Lipinski definition) is 2. The molecule has 32 heavy (non-hydrogen) atoms. The van der Waals surface area contributed by atoms with Crippen molar-refractivity contribution in [2.24, 2.45) is 5.10 Å². The first-order valence-corrected chi connectivity index (χ1v) is 10.6. The van der Waals surface area contributed by atoms with Crippen molar-refractivity contribution in [2.45, 2.75) is 0 Å². The van der Waals surface area contributed by atoms with Crippen molar-refractivity contribution < 1.29 is 19.1 Å². The van der Waals surface area contributed by atoms with Gasteiger partial charge < -0.3 is 14.8 Å². The highest BCUT2D eigenvalue weighted by Gasteiger charge is 2.07. The molecule has 2 amide bonds. The summed E-state index contributed by atoms with van der Waals surface area (Å²) >= 11 is 3.41. The standard InChI is InChI=1S/C24H22BrN3O4/c1-2-11-31-22-10-7-17(12-21(22)25)14-27-28-23(29)15-26-24(30)16-32-20-9-8-18-5-3-4-6-19(18)13-20/h2-10,12-14H,1,11,15-16H2,(H,26,30)(H,28,29)/b27-14+. The summed E-state index contributed by atoms with van der Waals surface area (Å²) in [5, 5.41) is 8.49. The summed E-state index contributed by atoms with van der Waals surface area (Å²) in [6.45, 7) is 3.60. The summed E-state index contributed by atoms with van der Waals surface area (Å²) in [5.74, 6) is 0.404. The minimum absolute atomic E-state index is 0.191. The second-order valence-electron chi connectivity index (χ2n) is 6.66. The Bertz CT molecular complexity index is 1150. The third-order valence-corrected chi connectivity index (χ3v) is 4.87. The van der Waals surface area contributed by atoms with E-state index in [9.17, 15) is 9.59 Å². The van der Waals surface area contributed by atoms with Gasteiger partial charge in [-0.15, -0.1) is 0 Å². The maximum Gasteiger partial charge on any atom is 0.259 e. The molecule has 0 saturated carbocycles. The summed E-state index contributed by atoms with van der Waals surface area (Å²) in [6.07, 6.45) is 3.15. The molecule has 0 spiro atoms. The van der Waals surface area contributed by atoms with Gasteiger partial charge in [-0.25, -0.2) is 5.43 Å². The molecule has 2 N–H and O–H groups in total. The van der Waals surface area contributed by atoms with E-state index in [0.717, 1.165) is 20.8 Å². The van der Waals surface area contributed by atoms with Crippen LogP contribution < -0.4 is 20.2 Å². The highest BCUT2D eigenvalue weighted by Crippen LogP contribution is 2.25. The van der Waals surface area contributed by atoms with E-state index in [2.05, 4.69) is 38.4 Å². The molecule has 0 fully saturated rings. The molecule has 0 atom stereocenters. The molecule has 0 heterocycles. The van der Waals surface area contributed by atoms with E-state index in [4.69, 9.17) is 9.47 Å². The van der Waals surface area contributed by atoms with E-state index >= 15 is 0 Å². The van der Waals surface area contributed by atoms with Crippen LogP contribution in [0.2, 0.25) is 0 Å². The predicted octanol–water partition coefficient (Wildman–Crippen LogP) is 3.81. The lowest BCUT2D eigenvalue weighted by Gasteiger charge is -2.08. The lowest BCUT2D eigenvalue weighted by molar-refractivity contribution is -0.127. The van der Waals surface area contributed by atoms with E-state index in [0.29, 0.717) is 18.1 Å². The van der Waals surface area contributed by atoms with E-state index in [-0.39, 0.29) is 13.2 Å². The van der Waals surface area contributed by atoms with Crippen LogP contribution in [0.15, 0.2) is 82.9 Å². The lowest BCUT2D eigenvalue weighted by atomic mass is 10.1. The zero-order valence-electron chi connectivity index (χ0n) is 17.2. The zero-order valence-corrected chi connectivity index (χ0v) is 18.8. The zero-order chi connectivity index (χ0) is 22.8. The van der Waals surface area contributed by atoms with Crippen LogP contribution in [-0.2, 0) is 9.59 Å². The summed E-state index contributed by atoms with van der Waals surface area (Å²) < 4.78 is 11.7. The average Bonchev–Trinajstić information content (AvgIpc) is 2.80. The summed E-state index contributed by atoms with van der Waals surface area (Å²) in [5.41, 5.74) is 3.12. The Hall–Kier alpha value is -3.65. The number of carbonyl (C=O) groups excluding carboxylic acids is 2. The minimum Gasteiger partial charge on any atom is -0.488 e. The topological polar surface area (TPSA) is 89.0 Å². The number of hydrazone groups is 1. The first kappa shape index (κ1) is 23.0. The molecule has 0 bridgehead atoms. The fraction of sp³-hybridized carbons (Fsp3) is 0.125. The van der Waals surface area contributed by atoms with Gasteiger partial charge in [-0.1, -0.05) is 43.0 Å². The molecular formula is C24H22BrN3O4. The van der Waals surface area contributed by atoms with Crippen LogP contribution >= 0.6 is 15.9 Å². The first-order valence-electron chi connectivity index (χ1n) is 9.78. The van der Waals surface area contributed by atoms with Crippen LogP contribution in [0.5, 0.6) is 11.5 Å². The summed E-state index contributed by atoms with van der Waals surface area (Å²) in [6, 6.07) is 18.8. The van der Waals surface area contributed by atoms with Crippen LogP contribution in [-0.4, -0.2) is 37.8 Å². The van der Waals surface area contributed by atoms with Crippen LogP contribution in [0.3, 0.4) is 0 Å². The third-order valence-electron chi connectivity index (χ3n) is 4.25. The fourth-order valence-corrected chi connectivity index (χ4v) is 3.23. The molecule has 0 aliphatic heterocycles. The summed E-state index contributed by atoms with van der Waals surface area (Å²) in [7, 11) is 0. The van der Waals surface area contributed by atoms with Gasteiger partial charge in [-0.3, -0.25) is 9.59 Å². The van der Waals surface area contributed by atoms with E-state index < -0.39 is 11.8 Å². The highest BCUT2D eigenvalue weighted by molar-refractivity contribution is 9.10. The Kier molecular flexibility index (Phi) is 8.39. The molecule has 0 saturated heterocycles. The number of benzene rings is 3. The van der Waals surface area contributed by atoms with Gasteiger partial charge in [-0.2, -0.15) is 5.10 Å². The molecule has 0 radical (unpaired) electrons. The fourth-order valence-electron chi connectivity index (χ4n) is 2.72. The maximum atomic E-state index is 11.9. The molecule has 0 unspecified atom stereocenters. The quantitative estimate of drug-likeness (QED) is 0.254. The van der Waals surface area contributed by atoms with Gasteiger partial charge in [0.05, 0.1) is 17.2 Å². The number of hydrogen-bond acceptors (Lipinski definition) is 5. The molecule has 7 nitrogen and oxygen atoms in total. The maximum absolute atomic E-state index is 11.9. The van der Waals surface area contributed by atoms with Crippen molar-refractivity contribution >= 4 is 44.7 Å². The monoisotopic (exact) mass is 495 g/mol. The number of halogens is 1. The SMILES string of the molecule is C=CCOc1ccc(/C=N/NC(=O)CNC(=O)COc2ccc3ccccc3c2)cc1Br. The molecule has 8 heteroatoms. The van der Waals surface area contributed by atoms with Crippen LogP contribution in [0.1, 0.15) is 5.56 Å². The molecule has 164 valence electrons. The molecule has 3 aromatic carbocycles. The van der Waals surface area contributed by atoms with Crippen molar-refractivity contribution in [1.29, 1.82) is 0 Å². The normalized spacial score (nSPS) is 10.7. The number of rotatable bonds is 10. The van der Waals surface area contributed by atoms with Gasteiger partial charge in [-0.05, 0) is 62.6 Å². The van der Waals surface area contributed by atoms with Gasteiger partial charge in [0.1, 0.15) is 18.1 Å². The van der Waals surface area contributed by atoms with Crippen molar-refractivity contribution in [3.8, 4) is 11.5 Å². The van der Waals surface area contributed by atoms with Crippen LogP contribution in [0, 0.1) is 0 Å². The molecular weight excluding hydrogens is 474 g/mol. The number of carbonyl (C=O) groups is 2. The van der Waals surface area contributed by atoms with Gasteiger partial charge >= 0.3 is 0 Å². The van der Waals surface area contributed by atoms with Crippen LogP contribution in [0.25, 0.3) is 10.8 Å². The molecule has 3 rings (SSSR count).